The molecule has 0 radical (unpaired) electrons. The SMILES string of the molecule is COC(=O)CCCC1(c2ccccc2)C23C4=c5ccc6c7ccc8c9ccc%10c%11ccc%12c%13c(c%14c%15c2c5c6c2c7c8c5c9c%10c(c%13%11)c%14c5c%152)C13C=%12C=C4.O=C(CCCC1(c2ccccc2)C23C4=c5ccc6c7ccc8c9ccc%10c%11ccc%12c%13c(c%14c%15c2c5c6c2c7c8c5c9c%10c(c%13%11)c%14c5c%152)C13C=%12C=C4)OCC(O)(F)F.OCC(O)(F)F.OC[C-](F)F.OC[C-](F)F.[Rf].[Rf]. The van der Waals surface area contributed by atoms with E-state index in [4.69, 9.17) is 35.0 Å². The molecule has 0 aromatic heterocycles. The normalized spacial score (nSPS) is 22.4. The largest absolute Gasteiger partial charge is 0.469 e. The van der Waals surface area contributed by atoms with E-state index in [1.54, 1.807) is 38.1 Å². The van der Waals surface area contributed by atoms with Crippen molar-refractivity contribution >= 4 is 271 Å². The van der Waals surface area contributed by atoms with Crippen LogP contribution in [0.1, 0.15) is 71.9 Å². The first-order chi connectivity index (χ1) is 62.2. The summed E-state index contributed by atoms with van der Waals surface area (Å²) in [6.45, 7) is -5.06. The maximum Gasteiger partial charge on any atom is 0.387 e. The number of aliphatic hydroxyl groups is 5. The van der Waals surface area contributed by atoms with Crippen LogP contribution in [0, 0.1) is 12.9 Å². The molecule has 0 amide bonds. The molecule has 26 aromatic rings. The van der Waals surface area contributed by atoms with Crippen molar-refractivity contribution in [1.82, 2.24) is 0 Å². The van der Waals surface area contributed by atoms with Crippen LogP contribution >= 0.6 is 0 Å². The number of benzene rings is 18. The molecular formula is C111H58F8O9Rf2-2. The molecule has 130 heavy (non-hydrogen) atoms. The van der Waals surface area contributed by atoms with Crippen LogP contribution in [0.5, 0.6) is 0 Å². The van der Waals surface area contributed by atoms with E-state index in [0.29, 0.717) is 19.3 Å². The number of aliphatic hydroxyl groups excluding tert-OH is 3. The number of alkyl halides is 4. The van der Waals surface area contributed by atoms with Crippen molar-refractivity contribution in [3.8, 4) is 0 Å². The Kier molecular flexibility index (Phi) is 11.8. The molecule has 19 heteroatoms. The summed E-state index contributed by atoms with van der Waals surface area (Å²) in [5.41, 5.74) is 12.4. The number of esters is 2. The van der Waals surface area contributed by atoms with Crippen molar-refractivity contribution < 1.29 is 79.7 Å². The Labute approximate surface area is 712 Å². The second-order valence-corrected chi connectivity index (χ2v) is 38.1. The molecule has 4 spiro atoms. The zero-order valence-corrected chi connectivity index (χ0v) is 81.5. The van der Waals surface area contributed by atoms with Gasteiger partial charge in [0.15, 0.2) is 6.61 Å². The first-order valence-corrected chi connectivity index (χ1v) is 43.7. The Morgan fingerprint density at radius 1 is 0.315 bits per heavy atom. The van der Waals surface area contributed by atoms with Crippen LogP contribution in [0.2, 0.25) is 0 Å². The second-order valence-electron chi connectivity index (χ2n) is 38.1. The molecule has 5 N–H and O–H groups in total. The van der Waals surface area contributed by atoms with E-state index in [0.717, 1.165) is 12.8 Å². The van der Waals surface area contributed by atoms with Gasteiger partial charge >= 0.3 is 24.2 Å². The summed E-state index contributed by atoms with van der Waals surface area (Å²) in [6, 6.07) is 61.6. The Bertz CT molecular complexity index is 9540. The van der Waals surface area contributed by atoms with E-state index in [9.17, 15) is 44.7 Å². The van der Waals surface area contributed by atoms with Crippen molar-refractivity contribution in [2.75, 3.05) is 33.5 Å². The summed E-state index contributed by atoms with van der Waals surface area (Å²) in [5, 5.41) is 108. The maximum absolute atomic E-state index is 13.4. The van der Waals surface area contributed by atoms with Gasteiger partial charge in [-0.3, -0.25) is 9.59 Å². The monoisotopic (exact) mass is 2220 g/mol. The fraction of sp³-hybridized carbons (Fsp3) is 0.171. The molecule has 4 atom stereocenters. The van der Waals surface area contributed by atoms with Gasteiger partial charge in [-0.25, -0.2) is 0 Å². The van der Waals surface area contributed by atoms with Crippen LogP contribution in [-0.4, -0.2) is 83.2 Å². The van der Waals surface area contributed by atoms with Gasteiger partial charge in [-0.05, 0) is 352 Å². The number of carbonyl (C=O) groups is 2. The summed E-state index contributed by atoms with van der Waals surface area (Å²) < 4.78 is 100. The Hall–Kier alpha value is -15.3. The van der Waals surface area contributed by atoms with Crippen LogP contribution in [0.15, 0.2) is 182 Å². The summed E-state index contributed by atoms with van der Waals surface area (Å²) in [7, 11) is 1.53. The zero-order valence-electron chi connectivity index (χ0n) is 68.7. The average Bonchev–Trinajstić information content (AvgIpc) is 1.38. The zero-order chi connectivity index (χ0) is 85.5. The molecule has 4 unspecified atom stereocenters. The third kappa shape index (κ3) is 6.38. The van der Waals surface area contributed by atoms with Gasteiger partial charge in [-0.1, -0.05) is 182 Å². The predicted molar refractivity (Wildman–Crippen MR) is 488 cm³/mol. The first-order valence-electron chi connectivity index (χ1n) is 43.7. The molecular weight excluding hydrogens is 2160 g/mol. The topological polar surface area (TPSA) is 154 Å². The molecule has 0 bridgehead atoms. The molecule has 9 nitrogen and oxygen atoms in total. The molecule has 10 aliphatic rings. The first kappa shape index (κ1) is 71.8. The summed E-state index contributed by atoms with van der Waals surface area (Å²) in [6.07, 6.45) is 1.38. The molecule has 0 saturated heterocycles. The maximum atomic E-state index is 13.4. The summed E-state index contributed by atoms with van der Waals surface area (Å²) in [5.74, 6) is -0.826. The van der Waals surface area contributed by atoms with Crippen molar-refractivity contribution in [2.45, 2.75) is 83.2 Å². The van der Waals surface area contributed by atoms with Crippen molar-refractivity contribution in [3.05, 3.63) is 249 Å². The number of hydrogen-bond acceptors (Lipinski definition) is 9. The van der Waals surface area contributed by atoms with Crippen LogP contribution < -0.4 is 20.9 Å². The molecule has 26 aromatic carbocycles. The molecule has 10 aliphatic carbocycles. The number of methoxy groups -OCH3 is 1. The number of hydrogen-bond donors (Lipinski definition) is 5. The molecule has 2 saturated carbocycles. The minimum Gasteiger partial charge on any atom is -0.469 e. The van der Waals surface area contributed by atoms with Gasteiger partial charge in [0.05, 0.1) is 7.11 Å². The van der Waals surface area contributed by atoms with Gasteiger partial charge in [0, 0.05) is 58.2 Å². The Morgan fingerprint density at radius 3 is 0.754 bits per heavy atom. The van der Waals surface area contributed by atoms with E-state index < -0.39 is 73.7 Å². The number of carbonyl (C=O) groups excluding carboxylic acids is 2. The smallest absolute Gasteiger partial charge is 0.387 e. The van der Waals surface area contributed by atoms with E-state index in [1.165, 1.54) is 283 Å². The summed E-state index contributed by atoms with van der Waals surface area (Å²) >= 11 is 0. The second kappa shape index (κ2) is 21.3. The minimum atomic E-state index is -4.06. The van der Waals surface area contributed by atoms with E-state index in [-0.39, 0.29) is 28.6 Å². The quantitative estimate of drug-likeness (QED) is 0.0292. The number of ether oxygens (including phenoxy) is 2. The van der Waals surface area contributed by atoms with Crippen LogP contribution in [-0.2, 0) is 51.6 Å². The van der Waals surface area contributed by atoms with Crippen LogP contribution in [0.25, 0.3) is 259 Å². The molecule has 0 heterocycles. The van der Waals surface area contributed by atoms with Gasteiger partial charge in [0.1, 0.15) is 6.61 Å². The van der Waals surface area contributed by atoms with Gasteiger partial charge in [-0.2, -0.15) is 17.6 Å². The summed E-state index contributed by atoms with van der Waals surface area (Å²) in [4.78, 5) is 26.1. The fourth-order valence-electron chi connectivity index (χ4n) is 32.4. The number of fused-ring (bicyclic) bond motifs is 6. The number of halogens is 8. The minimum absolute atomic E-state index is 0. The van der Waals surface area contributed by atoms with E-state index >= 15 is 0 Å². The van der Waals surface area contributed by atoms with E-state index in [1.807, 2.05) is 0 Å². The molecule has 36 rings (SSSR count). The third-order valence-electron chi connectivity index (χ3n) is 34.5. The third-order valence-corrected chi connectivity index (χ3v) is 34.5. The molecule has 2 fully saturated rings. The predicted octanol–water partition coefficient (Wildman–Crippen LogP) is 21.4. The standard InChI is InChI=1S/C53H24F2O3.C52H24O2.C2H4F2O2.2C2H3F2O.2Rf/c54-51(55,57)19-58-31(56)7-4-18-50(20-5-2-1-3-6-20)52-29-16-17-30-28-15-13-26-24-11-9-22-21-8-10-23-25-12-14-27(29)38-36(25)41-34(23)32(21)40-33(22)35(24)42-37(26)39(28)49(53(30,50)52)47-45(42)43(40)44(41)46(47)48(38)52;1-54-31(53)8-5-19-50(20-6-3-2-4-7-20)51-29-17-18-30-28-16-14-26-24-12-10-22-21-9-11-23-25-13-15-27(29)38-36(25)41-34(23)32(21)40-33(22)35(24)42-37(26)39(28)49(52(30,50)51)47-45(42)43(40)44(41)46(47)48(38)51;3-2(4,6)1-5;2*3-2(4)1-5;;/h1-3,5-6,8-17,57H,4,7,18-19H2;2-4,6-7,9-18H,5,8,19H2,1H3;5-6H,1H2;2*5H,1H2;;/q;;;2*-1;;. The fourth-order valence-corrected chi connectivity index (χ4v) is 32.4. The molecule has 618 valence electrons. The number of allylic oxidation sites excluding steroid dienone is 4. The van der Waals surface area contributed by atoms with Gasteiger partial charge < -0.3 is 52.6 Å². The van der Waals surface area contributed by atoms with Gasteiger partial charge in [0.25, 0.3) is 0 Å². The van der Waals surface area contributed by atoms with Crippen molar-refractivity contribution in [3.63, 3.8) is 0 Å². The Morgan fingerprint density at radius 2 is 0.531 bits per heavy atom. The number of rotatable bonds is 15. The van der Waals surface area contributed by atoms with Crippen LogP contribution in [0.4, 0.5) is 35.1 Å². The van der Waals surface area contributed by atoms with Gasteiger partial charge in [-0.15, -0.1) is 0 Å². The van der Waals surface area contributed by atoms with Gasteiger partial charge in [0.2, 0.25) is 0 Å². The van der Waals surface area contributed by atoms with E-state index in [2.05, 4.69) is 182 Å². The van der Waals surface area contributed by atoms with Crippen LogP contribution in [0.3, 0.4) is 0 Å². The van der Waals surface area contributed by atoms with Crippen molar-refractivity contribution in [2.24, 2.45) is 0 Å². The van der Waals surface area contributed by atoms with Crippen molar-refractivity contribution in [1.29, 1.82) is 0 Å². The Balaban J connectivity index is 0.000000107. The average molecular weight is 2220 g/mol. The molecule has 0 aliphatic heterocycles.